The third-order valence-electron chi connectivity index (χ3n) is 5.46. The lowest BCUT2D eigenvalue weighted by Gasteiger charge is -2.39. The topological polar surface area (TPSA) is 17.8 Å². The number of hydrogen-bond donors (Lipinski definition) is 0. The van der Waals surface area contributed by atoms with Crippen LogP contribution >= 0.6 is 23.5 Å². The van der Waals surface area contributed by atoms with Crippen LogP contribution in [-0.2, 0) is 6.54 Å². The van der Waals surface area contributed by atoms with E-state index in [4.69, 9.17) is 0 Å². The molecular formula is C22H40N2S2. The summed E-state index contributed by atoms with van der Waals surface area (Å²) in [5.74, 6) is 3.60. The van der Waals surface area contributed by atoms with Crippen molar-refractivity contribution in [3.8, 4) is 0 Å². The van der Waals surface area contributed by atoms with E-state index >= 15 is 0 Å². The maximum Gasteiger partial charge on any atom is 0.0945 e. The first kappa shape index (κ1) is 22.2. The summed E-state index contributed by atoms with van der Waals surface area (Å²) in [7, 11) is 0. The van der Waals surface area contributed by atoms with Gasteiger partial charge < -0.3 is 4.57 Å². The zero-order chi connectivity index (χ0) is 18.5. The van der Waals surface area contributed by atoms with Crippen molar-refractivity contribution in [2.75, 3.05) is 11.5 Å². The molecular weight excluding hydrogens is 356 g/mol. The van der Waals surface area contributed by atoms with Crippen molar-refractivity contribution in [2.45, 2.75) is 102 Å². The molecule has 4 heteroatoms. The number of imidazole rings is 1. The van der Waals surface area contributed by atoms with E-state index in [1.807, 2.05) is 12.5 Å². The number of unbranched alkanes of at least 4 members (excludes halogenated alkanes) is 8. The highest BCUT2D eigenvalue weighted by Crippen LogP contribution is 2.50. The number of hydrogen-bond acceptors (Lipinski definition) is 3. The summed E-state index contributed by atoms with van der Waals surface area (Å²) in [6.07, 6.45) is 22.9. The average molecular weight is 397 g/mol. The molecule has 1 aromatic rings. The molecule has 1 aromatic heterocycles. The highest BCUT2D eigenvalue weighted by Gasteiger charge is 2.34. The van der Waals surface area contributed by atoms with E-state index in [9.17, 15) is 0 Å². The summed E-state index contributed by atoms with van der Waals surface area (Å²) in [6.45, 7) is 5.83. The smallest absolute Gasteiger partial charge is 0.0945 e. The van der Waals surface area contributed by atoms with Crippen LogP contribution in [0, 0.1) is 5.92 Å². The van der Waals surface area contributed by atoms with Gasteiger partial charge in [0.2, 0.25) is 0 Å². The Hall–Kier alpha value is -0.0900. The minimum Gasteiger partial charge on any atom is -0.337 e. The fourth-order valence-corrected chi connectivity index (χ4v) is 7.20. The van der Waals surface area contributed by atoms with Gasteiger partial charge in [-0.1, -0.05) is 71.6 Å². The molecule has 0 atom stereocenters. The van der Waals surface area contributed by atoms with Gasteiger partial charge >= 0.3 is 0 Å². The van der Waals surface area contributed by atoms with Gasteiger partial charge in [0.25, 0.3) is 0 Å². The second kappa shape index (κ2) is 13.1. The lowest BCUT2D eigenvalue weighted by atomic mass is 10.0. The van der Waals surface area contributed by atoms with Crippen molar-refractivity contribution < 1.29 is 0 Å². The van der Waals surface area contributed by atoms with E-state index < -0.39 is 0 Å². The molecule has 0 spiro atoms. The molecule has 0 saturated carbocycles. The van der Waals surface area contributed by atoms with Crippen molar-refractivity contribution in [1.82, 2.24) is 9.55 Å². The lowest BCUT2D eigenvalue weighted by Crippen LogP contribution is -2.29. The molecule has 26 heavy (non-hydrogen) atoms. The Labute approximate surface area is 170 Å². The highest BCUT2D eigenvalue weighted by atomic mass is 32.2. The minimum atomic E-state index is 0.494. The van der Waals surface area contributed by atoms with Crippen LogP contribution in [0.3, 0.4) is 0 Å². The fourth-order valence-electron chi connectivity index (χ4n) is 3.75. The molecule has 1 saturated heterocycles. The third-order valence-corrected chi connectivity index (χ3v) is 9.50. The van der Waals surface area contributed by atoms with Gasteiger partial charge in [-0.05, 0) is 36.7 Å². The predicted molar refractivity (Wildman–Crippen MR) is 120 cm³/mol. The molecule has 150 valence electrons. The molecule has 0 N–H and O–H groups in total. The summed E-state index contributed by atoms with van der Waals surface area (Å²) >= 11 is 4.54. The van der Waals surface area contributed by atoms with E-state index in [1.54, 1.807) is 0 Å². The normalized spacial score (nSPS) is 23.4. The summed E-state index contributed by atoms with van der Waals surface area (Å²) < 4.78 is 2.72. The number of aromatic nitrogens is 2. The molecule has 0 bridgehead atoms. The number of nitrogens with zero attached hydrogens (tertiary/aromatic N) is 2. The molecule has 2 heterocycles. The van der Waals surface area contributed by atoms with Crippen LogP contribution in [0.1, 0.15) is 90.9 Å². The van der Waals surface area contributed by atoms with Gasteiger partial charge in [-0.15, -0.1) is 23.5 Å². The predicted octanol–water partition coefficient (Wildman–Crippen LogP) is 7.40. The zero-order valence-electron chi connectivity index (χ0n) is 17.1. The summed E-state index contributed by atoms with van der Waals surface area (Å²) in [4.78, 5) is 4.17. The number of thioether (sulfide) groups is 2. The first-order chi connectivity index (χ1) is 12.7. The molecule has 0 unspecified atom stereocenters. The van der Waals surface area contributed by atoms with Gasteiger partial charge in [0, 0.05) is 18.9 Å². The van der Waals surface area contributed by atoms with Crippen LogP contribution in [0.5, 0.6) is 0 Å². The van der Waals surface area contributed by atoms with Crippen LogP contribution in [0.4, 0.5) is 0 Å². The van der Waals surface area contributed by atoms with E-state index in [0.717, 1.165) is 12.5 Å². The molecule has 1 fully saturated rings. The largest absolute Gasteiger partial charge is 0.337 e. The average Bonchev–Trinajstić information content (AvgIpc) is 3.16. The quantitative estimate of drug-likeness (QED) is 0.305. The molecule has 1 aliphatic heterocycles. The maximum absolute atomic E-state index is 4.17. The first-order valence-corrected chi connectivity index (χ1v) is 12.9. The van der Waals surface area contributed by atoms with E-state index in [0.29, 0.717) is 4.08 Å². The van der Waals surface area contributed by atoms with Gasteiger partial charge in [-0.25, -0.2) is 4.98 Å². The van der Waals surface area contributed by atoms with Gasteiger partial charge in [-0.2, -0.15) is 0 Å². The monoisotopic (exact) mass is 396 g/mol. The van der Waals surface area contributed by atoms with E-state index in [1.165, 1.54) is 88.6 Å². The van der Waals surface area contributed by atoms with Crippen molar-refractivity contribution in [3.63, 3.8) is 0 Å². The molecule has 0 amide bonds. The van der Waals surface area contributed by atoms with Crippen molar-refractivity contribution in [3.05, 3.63) is 18.7 Å². The van der Waals surface area contributed by atoms with Crippen molar-refractivity contribution >= 4 is 23.5 Å². The Morgan fingerprint density at radius 1 is 0.923 bits per heavy atom. The second-order valence-corrected chi connectivity index (χ2v) is 11.2. The molecule has 0 aromatic carbocycles. The standard InChI is InChI=1S/C22H40N2S2/c1-3-4-5-6-7-8-9-10-11-13-22(25-18-21(2)19-26-22)14-12-16-24-17-15-23-20-24/h15,17,20-21H,3-14,16,18-19H2,1-2H3. The Balaban J connectivity index is 1.62. The fraction of sp³-hybridized carbons (Fsp3) is 0.864. The summed E-state index contributed by atoms with van der Waals surface area (Å²) in [5, 5.41) is 0. The molecule has 1 aliphatic rings. The van der Waals surface area contributed by atoms with E-state index in [-0.39, 0.29) is 0 Å². The number of aryl methyl sites for hydroxylation is 1. The van der Waals surface area contributed by atoms with Crippen LogP contribution in [-0.4, -0.2) is 25.1 Å². The molecule has 2 nitrogen and oxygen atoms in total. The van der Waals surface area contributed by atoms with E-state index in [2.05, 4.69) is 53.1 Å². The van der Waals surface area contributed by atoms with Crippen LogP contribution in [0.15, 0.2) is 18.7 Å². The van der Waals surface area contributed by atoms with Gasteiger partial charge in [0.05, 0.1) is 10.4 Å². The summed E-state index contributed by atoms with van der Waals surface area (Å²) in [5.41, 5.74) is 0. The van der Waals surface area contributed by atoms with Crippen molar-refractivity contribution in [2.24, 2.45) is 5.92 Å². The molecule has 0 radical (unpaired) electrons. The van der Waals surface area contributed by atoms with Crippen LogP contribution in [0.25, 0.3) is 0 Å². The van der Waals surface area contributed by atoms with Gasteiger partial charge in [-0.3, -0.25) is 0 Å². The van der Waals surface area contributed by atoms with Gasteiger partial charge in [0.15, 0.2) is 0 Å². The molecule has 2 rings (SSSR count). The Morgan fingerprint density at radius 2 is 1.54 bits per heavy atom. The summed E-state index contributed by atoms with van der Waals surface area (Å²) in [6, 6.07) is 0. The second-order valence-electron chi connectivity index (χ2n) is 8.12. The highest BCUT2D eigenvalue weighted by molar-refractivity contribution is 8.18. The Morgan fingerprint density at radius 3 is 2.15 bits per heavy atom. The first-order valence-electron chi connectivity index (χ1n) is 11.0. The number of rotatable bonds is 14. The minimum absolute atomic E-state index is 0.494. The third kappa shape index (κ3) is 8.73. The van der Waals surface area contributed by atoms with Crippen LogP contribution < -0.4 is 0 Å². The SMILES string of the molecule is CCCCCCCCCCCC1(CCCn2ccnc2)SCC(C)CS1. The maximum atomic E-state index is 4.17. The Bertz CT molecular complexity index is 439. The van der Waals surface area contributed by atoms with Crippen LogP contribution in [0.2, 0.25) is 0 Å². The molecule has 0 aliphatic carbocycles. The Kier molecular flexibility index (Phi) is 11.2. The lowest BCUT2D eigenvalue weighted by molar-refractivity contribution is 0.514. The van der Waals surface area contributed by atoms with Gasteiger partial charge in [0.1, 0.15) is 0 Å². The van der Waals surface area contributed by atoms with Crippen molar-refractivity contribution in [1.29, 1.82) is 0 Å². The zero-order valence-corrected chi connectivity index (χ0v) is 18.8.